The lowest BCUT2D eigenvalue weighted by molar-refractivity contribution is 0.654. The fourth-order valence-corrected chi connectivity index (χ4v) is 1.89. The molecule has 0 aliphatic rings. The van der Waals surface area contributed by atoms with E-state index < -0.39 is 0 Å². The first kappa shape index (κ1) is 11.0. The molecule has 0 heterocycles. The summed E-state index contributed by atoms with van der Waals surface area (Å²) in [7, 11) is 0. The first-order valence-corrected chi connectivity index (χ1v) is 5.18. The topological polar surface area (TPSA) is 38.0 Å². The molecule has 13 heavy (non-hydrogen) atoms. The quantitative estimate of drug-likeness (QED) is 0.390. The highest BCUT2D eigenvalue weighted by Gasteiger charge is 2.09. The molecular formula is C9H10ClIN2. The van der Waals surface area contributed by atoms with Crippen LogP contribution in [0.25, 0.3) is 0 Å². The molecule has 0 saturated heterocycles. The van der Waals surface area contributed by atoms with Gasteiger partial charge in [-0.25, -0.2) is 5.43 Å². The van der Waals surface area contributed by atoms with E-state index in [0.717, 1.165) is 9.13 Å². The van der Waals surface area contributed by atoms with Crippen LogP contribution >= 0.6 is 34.2 Å². The van der Waals surface area contributed by atoms with E-state index in [2.05, 4.69) is 34.6 Å². The molecule has 0 fully saturated rings. The number of hydrogen-bond donors (Lipinski definition) is 2. The first-order valence-electron chi connectivity index (χ1n) is 3.72. The SMILES string of the molecule is C=CC(NN)c1cc(Cl)ccc1I. The summed E-state index contributed by atoms with van der Waals surface area (Å²) in [5.41, 5.74) is 3.70. The summed E-state index contributed by atoms with van der Waals surface area (Å²) >= 11 is 8.11. The van der Waals surface area contributed by atoms with Gasteiger partial charge in [0.15, 0.2) is 0 Å². The van der Waals surface area contributed by atoms with Gasteiger partial charge in [0.2, 0.25) is 0 Å². The molecule has 0 spiro atoms. The second-order valence-corrected chi connectivity index (χ2v) is 4.14. The van der Waals surface area contributed by atoms with Crippen LogP contribution in [0.2, 0.25) is 5.02 Å². The highest BCUT2D eigenvalue weighted by Crippen LogP contribution is 2.23. The van der Waals surface area contributed by atoms with Gasteiger partial charge in [0.1, 0.15) is 0 Å². The van der Waals surface area contributed by atoms with Gasteiger partial charge in [0.05, 0.1) is 6.04 Å². The van der Waals surface area contributed by atoms with Gasteiger partial charge >= 0.3 is 0 Å². The van der Waals surface area contributed by atoms with Gasteiger partial charge in [-0.1, -0.05) is 17.7 Å². The van der Waals surface area contributed by atoms with Gasteiger partial charge in [-0.3, -0.25) is 5.84 Å². The van der Waals surface area contributed by atoms with Gasteiger partial charge in [-0.15, -0.1) is 6.58 Å². The summed E-state index contributed by atoms with van der Waals surface area (Å²) in [6.07, 6.45) is 1.74. The van der Waals surface area contributed by atoms with Crippen molar-refractivity contribution in [1.82, 2.24) is 5.43 Å². The van der Waals surface area contributed by atoms with Crippen molar-refractivity contribution in [3.63, 3.8) is 0 Å². The van der Waals surface area contributed by atoms with Crippen molar-refractivity contribution in [2.24, 2.45) is 5.84 Å². The fraction of sp³-hybridized carbons (Fsp3) is 0.111. The van der Waals surface area contributed by atoms with Crippen molar-refractivity contribution < 1.29 is 0 Å². The van der Waals surface area contributed by atoms with Crippen molar-refractivity contribution in [2.75, 3.05) is 0 Å². The van der Waals surface area contributed by atoms with E-state index in [0.29, 0.717) is 5.02 Å². The van der Waals surface area contributed by atoms with Gasteiger partial charge in [-0.05, 0) is 46.4 Å². The molecule has 1 unspecified atom stereocenters. The Labute approximate surface area is 96.3 Å². The monoisotopic (exact) mass is 308 g/mol. The Kier molecular flexibility index (Phi) is 4.18. The van der Waals surface area contributed by atoms with Gasteiger partial charge in [0.25, 0.3) is 0 Å². The largest absolute Gasteiger partial charge is 0.271 e. The second kappa shape index (κ2) is 4.95. The average Bonchev–Trinajstić information content (AvgIpc) is 2.13. The number of rotatable bonds is 3. The van der Waals surface area contributed by atoms with Crippen molar-refractivity contribution in [3.05, 3.63) is 45.0 Å². The Hall–Kier alpha value is -0.100. The van der Waals surface area contributed by atoms with E-state index in [9.17, 15) is 0 Å². The van der Waals surface area contributed by atoms with Crippen molar-refractivity contribution in [3.8, 4) is 0 Å². The van der Waals surface area contributed by atoms with Crippen molar-refractivity contribution in [1.29, 1.82) is 0 Å². The van der Waals surface area contributed by atoms with Crippen LogP contribution in [0.1, 0.15) is 11.6 Å². The predicted molar refractivity (Wildman–Crippen MR) is 64.4 cm³/mol. The molecule has 1 aromatic rings. The third kappa shape index (κ3) is 2.67. The highest BCUT2D eigenvalue weighted by atomic mass is 127. The minimum Gasteiger partial charge on any atom is -0.271 e. The number of hydrogen-bond acceptors (Lipinski definition) is 2. The molecule has 1 atom stereocenters. The maximum atomic E-state index is 5.87. The molecule has 2 nitrogen and oxygen atoms in total. The second-order valence-electron chi connectivity index (χ2n) is 2.55. The summed E-state index contributed by atoms with van der Waals surface area (Å²) in [5, 5.41) is 0.706. The minimum absolute atomic E-state index is 0.0504. The van der Waals surface area contributed by atoms with Crippen LogP contribution in [0.4, 0.5) is 0 Å². The van der Waals surface area contributed by atoms with Gasteiger partial charge < -0.3 is 0 Å². The van der Waals surface area contributed by atoms with Crippen molar-refractivity contribution in [2.45, 2.75) is 6.04 Å². The van der Waals surface area contributed by atoms with Crippen LogP contribution in [0.3, 0.4) is 0 Å². The van der Waals surface area contributed by atoms with Crippen LogP contribution in [0.5, 0.6) is 0 Å². The van der Waals surface area contributed by atoms with Crippen LogP contribution in [-0.4, -0.2) is 0 Å². The normalized spacial score (nSPS) is 12.5. The van der Waals surface area contributed by atoms with Gasteiger partial charge in [-0.2, -0.15) is 0 Å². The molecule has 1 rings (SSSR count). The van der Waals surface area contributed by atoms with E-state index in [1.165, 1.54) is 0 Å². The Balaban J connectivity index is 3.10. The van der Waals surface area contributed by atoms with Crippen molar-refractivity contribution >= 4 is 34.2 Å². The third-order valence-corrected chi connectivity index (χ3v) is 2.93. The zero-order valence-electron chi connectivity index (χ0n) is 6.93. The Morgan fingerprint density at radius 2 is 2.31 bits per heavy atom. The van der Waals surface area contributed by atoms with Crippen LogP contribution in [-0.2, 0) is 0 Å². The molecule has 3 N–H and O–H groups in total. The molecule has 0 aromatic heterocycles. The molecule has 0 amide bonds. The summed E-state index contributed by atoms with van der Waals surface area (Å²) in [4.78, 5) is 0. The number of nitrogens with one attached hydrogen (secondary N) is 1. The summed E-state index contributed by atoms with van der Waals surface area (Å²) in [6, 6.07) is 5.64. The van der Waals surface area contributed by atoms with Crippen LogP contribution in [0, 0.1) is 3.57 Å². The highest BCUT2D eigenvalue weighted by molar-refractivity contribution is 14.1. The Morgan fingerprint density at radius 3 is 2.85 bits per heavy atom. The third-order valence-electron chi connectivity index (χ3n) is 1.71. The summed E-state index contributed by atoms with van der Waals surface area (Å²) in [5.74, 6) is 5.37. The van der Waals surface area contributed by atoms with E-state index >= 15 is 0 Å². The van der Waals surface area contributed by atoms with E-state index in [1.54, 1.807) is 6.08 Å². The van der Waals surface area contributed by atoms with E-state index in [1.807, 2.05) is 18.2 Å². The lowest BCUT2D eigenvalue weighted by Gasteiger charge is -2.13. The van der Waals surface area contributed by atoms with Gasteiger partial charge in [0, 0.05) is 8.59 Å². The molecule has 1 aromatic carbocycles. The molecule has 0 radical (unpaired) electrons. The average molecular weight is 309 g/mol. The lowest BCUT2D eigenvalue weighted by atomic mass is 10.1. The van der Waals surface area contributed by atoms with Crippen LogP contribution < -0.4 is 11.3 Å². The minimum atomic E-state index is -0.0504. The first-order chi connectivity index (χ1) is 6.19. The number of halogens is 2. The lowest BCUT2D eigenvalue weighted by Crippen LogP contribution is -2.26. The number of hydrazine groups is 1. The smallest absolute Gasteiger partial charge is 0.0648 e. The molecular weight excluding hydrogens is 298 g/mol. The molecule has 4 heteroatoms. The Morgan fingerprint density at radius 1 is 1.62 bits per heavy atom. The summed E-state index contributed by atoms with van der Waals surface area (Å²) in [6.45, 7) is 3.69. The summed E-state index contributed by atoms with van der Waals surface area (Å²) < 4.78 is 1.12. The molecule has 0 aliphatic heterocycles. The maximum absolute atomic E-state index is 5.87. The standard InChI is InChI=1S/C9H10ClIN2/c1-2-9(13-12)7-5-6(10)3-4-8(7)11/h2-5,9,13H,1,12H2. The van der Waals surface area contributed by atoms with E-state index in [4.69, 9.17) is 17.4 Å². The van der Waals surface area contributed by atoms with Crippen LogP contribution in [0.15, 0.2) is 30.9 Å². The van der Waals surface area contributed by atoms with E-state index in [-0.39, 0.29) is 6.04 Å². The zero-order chi connectivity index (χ0) is 9.84. The Bertz CT molecular complexity index is 314. The molecule has 0 aliphatic carbocycles. The maximum Gasteiger partial charge on any atom is 0.0648 e. The predicted octanol–water partition coefficient (Wildman–Crippen LogP) is 2.64. The molecule has 0 saturated carbocycles. The fourth-order valence-electron chi connectivity index (χ4n) is 1.04. The zero-order valence-corrected chi connectivity index (χ0v) is 9.84. The molecule has 0 bridgehead atoms. The molecule has 70 valence electrons. The number of nitrogens with two attached hydrogens (primary N) is 1. The number of benzene rings is 1.